The van der Waals surface area contributed by atoms with Crippen molar-refractivity contribution in [2.45, 2.75) is 45.4 Å². The van der Waals surface area contributed by atoms with Crippen LogP contribution in [0.15, 0.2) is 48.5 Å². The lowest BCUT2D eigenvalue weighted by Gasteiger charge is -2.14. The van der Waals surface area contributed by atoms with Crippen molar-refractivity contribution in [1.29, 1.82) is 0 Å². The minimum atomic E-state index is -1.66. The molecule has 168 valence electrons. The SMILES string of the molecule is CCCCCc1ccc(CCc2ccc(C(=O)O)c(F)c2-c2cc(F)c(F)c(F)c2)cc1. The maximum absolute atomic E-state index is 15.0. The largest absolute Gasteiger partial charge is 0.478 e. The number of carboxylic acids is 1. The van der Waals surface area contributed by atoms with Gasteiger partial charge >= 0.3 is 5.97 Å². The summed E-state index contributed by atoms with van der Waals surface area (Å²) in [6.07, 6.45) is 5.27. The fourth-order valence-electron chi connectivity index (χ4n) is 3.73. The first-order chi connectivity index (χ1) is 15.3. The van der Waals surface area contributed by atoms with E-state index in [1.807, 2.05) is 24.3 Å². The minimum Gasteiger partial charge on any atom is -0.478 e. The minimum absolute atomic E-state index is 0.237. The standard InChI is InChI=1S/C26H24F4O2/c1-2-3-4-5-16-6-8-17(9-7-16)10-11-18-12-13-20(26(31)32)24(29)23(18)19-14-21(27)25(30)22(28)15-19/h6-9,12-15H,2-5,10-11H2,1H3,(H,31,32). The van der Waals surface area contributed by atoms with Crippen LogP contribution in [0.3, 0.4) is 0 Å². The van der Waals surface area contributed by atoms with Gasteiger partial charge in [-0.05, 0) is 66.1 Å². The van der Waals surface area contributed by atoms with E-state index in [1.165, 1.54) is 18.1 Å². The number of hydrogen-bond donors (Lipinski definition) is 1. The second-order valence-electron chi connectivity index (χ2n) is 7.79. The first kappa shape index (κ1) is 23.5. The molecule has 0 aliphatic rings. The van der Waals surface area contributed by atoms with Crippen LogP contribution in [0.1, 0.15) is 53.2 Å². The van der Waals surface area contributed by atoms with Crippen LogP contribution in [-0.4, -0.2) is 11.1 Å². The Bertz CT molecular complexity index is 1080. The molecule has 0 radical (unpaired) electrons. The van der Waals surface area contributed by atoms with Crippen LogP contribution in [0.5, 0.6) is 0 Å². The Morgan fingerprint density at radius 3 is 1.94 bits per heavy atom. The molecule has 3 rings (SSSR count). The predicted molar refractivity (Wildman–Crippen MR) is 116 cm³/mol. The Kier molecular flexibility index (Phi) is 7.67. The number of aryl methyl sites for hydroxylation is 3. The molecule has 0 saturated heterocycles. The molecule has 3 aromatic carbocycles. The summed E-state index contributed by atoms with van der Waals surface area (Å²) in [6, 6.07) is 12.0. The molecule has 1 N–H and O–H groups in total. The predicted octanol–water partition coefficient (Wildman–Crippen LogP) is 7.13. The van der Waals surface area contributed by atoms with Crippen LogP contribution in [0, 0.1) is 23.3 Å². The molecular formula is C26H24F4O2. The molecule has 0 aliphatic carbocycles. The van der Waals surface area contributed by atoms with Crippen molar-refractivity contribution < 1.29 is 27.5 Å². The molecule has 0 spiro atoms. The van der Waals surface area contributed by atoms with Gasteiger partial charge in [-0.15, -0.1) is 0 Å². The second kappa shape index (κ2) is 10.4. The van der Waals surface area contributed by atoms with Gasteiger partial charge in [0.25, 0.3) is 0 Å². The Morgan fingerprint density at radius 2 is 1.38 bits per heavy atom. The number of carboxylic acid groups (broad SMARTS) is 1. The summed E-state index contributed by atoms with van der Waals surface area (Å²) in [6.45, 7) is 2.15. The second-order valence-corrected chi connectivity index (χ2v) is 7.79. The van der Waals surface area contributed by atoms with E-state index in [2.05, 4.69) is 6.92 Å². The smallest absolute Gasteiger partial charge is 0.338 e. The first-order valence-electron chi connectivity index (χ1n) is 10.6. The van der Waals surface area contributed by atoms with E-state index >= 15 is 4.39 Å². The molecule has 0 heterocycles. The molecule has 6 heteroatoms. The summed E-state index contributed by atoms with van der Waals surface area (Å²) in [5.74, 6) is -7.21. The highest BCUT2D eigenvalue weighted by atomic mass is 19.2. The average molecular weight is 444 g/mol. The van der Waals surface area contributed by atoms with Crippen molar-refractivity contribution in [1.82, 2.24) is 0 Å². The monoisotopic (exact) mass is 444 g/mol. The van der Waals surface area contributed by atoms with Crippen LogP contribution in [-0.2, 0) is 19.3 Å². The van der Waals surface area contributed by atoms with E-state index in [0.29, 0.717) is 30.5 Å². The number of unbranched alkanes of at least 4 members (excludes halogenated alkanes) is 2. The van der Waals surface area contributed by atoms with E-state index < -0.39 is 34.8 Å². The fraction of sp³-hybridized carbons (Fsp3) is 0.269. The zero-order valence-electron chi connectivity index (χ0n) is 17.7. The molecule has 0 saturated carbocycles. The van der Waals surface area contributed by atoms with Crippen LogP contribution in [0.2, 0.25) is 0 Å². The van der Waals surface area contributed by atoms with Gasteiger partial charge in [-0.25, -0.2) is 22.4 Å². The van der Waals surface area contributed by atoms with Crippen LogP contribution in [0.4, 0.5) is 17.6 Å². The van der Waals surface area contributed by atoms with Gasteiger partial charge in [0.2, 0.25) is 0 Å². The summed E-state index contributed by atoms with van der Waals surface area (Å²) in [5.41, 5.74) is 1.50. The van der Waals surface area contributed by atoms with Crippen molar-refractivity contribution >= 4 is 5.97 Å². The third-order valence-corrected chi connectivity index (χ3v) is 5.51. The normalized spacial score (nSPS) is 11.0. The van der Waals surface area contributed by atoms with Crippen molar-refractivity contribution in [3.05, 3.63) is 94.1 Å². The molecule has 2 nitrogen and oxygen atoms in total. The van der Waals surface area contributed by atoms with Gasteiger partial charge in [0.05, 0.1) is 5.56 Å². The summed E-state index contributed by atoms with van der Waals surface area (Å²) < 4.78 is 56.0. The molecule has 0 fully saturated rings. The molecule has 0 aromatic heterocycles. The number of carbonyl (C=O) groups is 1. The maximum Gasteiger partial charge on any atom is 0.338 e. The molecule has 3 aromatic rings. The van der Waals surface area contributed by atoms with Gasteiger partial charge in [-0.3, -0.25) is 0 Å². The maximum atomic E-state index is 15.0. The Labute approximate surface area is 184 Å². The summed E-state index contributed by atoms with van der Waals surface area (Å²) >= 11 is 0. The van der Waals surface area contributed by atoms with Crippen LogP contribution < -0.4 is 0 Å². The van der Waals surface area contributed by atoms with E-state index in [4.69, 9.17) is 0 Å². The van der Waals surface area contributed by atoms with E-state index in [9.17, 15) is 23.1 Å². The van der Waals surface area contributed by atoms with Crippen molar-refractivity contribution in [3.63, 3.8) is 0 Å². The third kappa shape index (κ3) is 5.36. The number of aromatic carboxylic acids is 1. The van der Waals surface area contributed by atoms with Crippen LogP contribution >= 0.6 is 0 Å². The number of hydrogen-bond acceptors (Lipinski definition) is 1. The molecule has 0 unspecified atom stereocenters. The van der Waals surface area contributed by atoms with Gasteiger partial charge in [0.1, 0.15) is 5.82 Å². The topological polar surface area (TPSA) is 37.3 Å². The Hall–Kier alpha value is -3.15. The average Bonchev–Trinajstić information content (AvgIpc) is 2.76. The lowest BCUT2D eigenvalue weighted by molar-refractivity contribution is 0.0692. The molecular weight excluding hydrogens is 420 g/mol. The zero-order chi connectivity index (χ0) is 23.3. The van der Waals surface area contributed by atoms with Gasteiger partial charge in [0, 0.05) is 5.56 Å². The first-order valence-corrected chi connectivity index (χ1v) is 10.6. The Balaban J connectivity index is 1.90. The number of benzene rings is 3. The van der Waals surface area contributed by atoms with Crippen molar-refractivity contribution in [2.24, 2.45) is 0 Å². The van der Waals surface area contributed by atoms with Gasteiger partial charge in [-0.1, -0.05) is 50.1 Å². The summed E-state index contributed by atoms with van der Waals surface area (Å²) in [4.78, 5) is 11.4. The van der Waals surface area contributed by atoms with E-state index in [1.54, 1.807) is 0 Å². The highest BCUT2D eigenvalue weighted by Gasteiger charge is 2.21. The van der Waals surface area contributed by atoms with Crippen molar-refractivity contribution in [3.8, 4) is 11.1 Å². The Morgan fingerprint density at radius 1 is 0.781 bits per heavy atom. The quantitative estimate of drug-likeness (QED) is 0.217. The molecule has 0 amide bonds. The highest BCUT2D eigenvalue weighted by molar-refractivity contribution is 5.90. The lowest BCUT2D eigenvalue weighted by Crippen LogP contribution is -2.06. The number of halogens is 4. The molecule has 0 aliphatic heterocycles. The third-order valence-electron chi connectivity index (χ3n) is 5.51. The summed E-state index contributed by atoms with van der Waals surface area (Å²) in [7, 11) is 0. The lowest BCUT2D eigenvalue weighted by atomic mass is 9.92. The molecule has 0 bridgehead atoms. The van der Waals surface area contributed by atoms with Gasteiger partial charge in [-0.2, -0.15) is 0 Å². The highest BCUT2D eigenvalue weighted by Crippen LogP contribution is 2.32. The van der Waals surface area contributed by atoms with Gasteiger partial charge in [0.15, 0.2) is 17.5 Å². The van der Waals surface area contributed by atoms with Crippen molar-refractivity contribution in [2.75, 3.05) is 0 Å². The molecule has 32 heavy (non-hydrogen) atoms. The molecule has 0 atom stereocenters. The van der Waals surface area contributed by atoms with E-state index in [0.717, 1.165) is 30.9 Å². The summed E-state index contributed by atoms with van der Waals surface area (Å²) in [5, 5.41) is 9.24. The number of rotatable bonds is 9. The van der Waals surface area contributed by atoms with Crippen LogP contribution in [0.25, 0.3) is 11.1 Å². The fourth-order valence-corrected chi connectivity index (χ4v) is 3.73. The van der Waals surface area contributed by atoms with E-state index in [-0.39, 0.29) is 11.1 Å². The zero-order valence-corrected chi connectivity index (χ0v) is 17.7. The van der Waals surface area contributed by atoms with Gasteiger partial charge < -0.3 is 5.11 Å².